The Morgan fingerprint density at radius 2 is 1.67 bits per heavy atom. The van der Waals surface area contributed by atoms with Crippen LogP contribution in [0.25, 0.3) is 0 Å². The number of carbonyl (C=O) groups excluding carboxylic acids is 1. The van der Waals surface area contributed by atoms with Gasteiger partial charge in [-0.2, -0.15) is 26.3 Å². The largest absolute Gasteiger partial charge is 0.435 e. The number of nitrogens with two attached hydrogens (primary N) is 1. The summed E-state index contributed by atoms with van der Waals surface area (Å²) in [6.07, 6.45) is -10.1. The maximum Gasteiger partial charge on any atom is 0.435 e. The number of aryl methyl sites for hydroxylation is 3. The van der Waals surface area contributed by atoms with Gasteiger partial charge in [-0.05, 0) is 66.5 Å². The summed E-state index contributed by atoms with van der Waals surface area (Å²) in [5, 5.41) is 0. The molecule has 2 nitrogen and oxygen atoms in total. The molecule has 0 heterocycles. The van der Waals surface area contributed by atoms with Crippen LogP contribution in [0.5, 0.6) is 0 Å². The number of hydrogen-bond donors (Lipinski definition) is 1. The van der Waals surface area contributed by atoms with Crippen LogP contribution in [-0.4, -0.2) is 18.1 Å². The second-order valence-corrected chi connectivity index (χ2v) is 8.45. The molecule has 0 saturated heterocycles. The van der Waals surface area contributed by atoms with Crippen LogP contribution in [0.4, 0.5) is 30.7 Å². The van der Waals surface area contributed by atoms with E-state index in [2.05, 4.69) is 0 Å². The molecule has 2 aromatic carbocycles. The van der Waals surface area contributed by atoms with Crippen LogP contribution >= 0.6 is 0 Å². The van der Waals surface area contributed by atoms with Gasteiger partial charge in [0.2, 0.25) is 0 Å². The molecule has 3 rings (SSSR count). The molecule has 0 radical (unpaired) electrons. The van der Waals surface area contributed by atoms with Crippen molar-refractivity contribution in [3.05, 3.63) is 69.3 Å². The lowest BCUT2D eigenvalue weighted by atomic mass is 9.84. The molecule has 1 atom stereocenters. The van der Waals surface area contributed by atoms with Crippen molar-refractivity contribution in [2.45, 2.75) is 70.0 Å². The van der Waals surface area contributed by atoms with E-state index in [4.69, 9.17) is 5.73 Å². The van der Waals surface area contributed by atoms with Gasteiger partial charge in [0.15, 0.2) is 5.78 Å². The van der Waals surface area contributed by atoms with Crippen molar-refractivity contribution in [2.24, 2.45) is 5.73 Å². The standard InChI is InChI=1S/C24H24F7NO/c1-3-14-11-17(22(25,23(26,27)28)24(29,30)31)9-13(2)19(14)12-21(33)16-7-8-18-15(10-16)5-4-6-20(18)32/h7-11,20H,3-6,12,32H2,1-2H3. The first-order valence-electron chi connectivity index (χ1n) is 10.6. The molecule has 0 aromatic heterocycles. The smallest absolute Gasteiger partial charge is 0.324 e. The summed E-state index contributed by atoms with van der Waals surface area (Å²) in [4.78, 5) is 12.9. The van der Waals surface area contributed by atoms with Gasteiger partial charge in [0, 0.05) is 23.6 Å². The van der Waals surface area contributed by atoms with E-state index in [1.54, 1.807) is 18.2 Å². The zero-order valence-electron chi connectivity index (χ0n) is 18.1. The van der Waals surface area contributed by atoms with Gasteiger partial charge in [0.1, 0.15) is 0 Å². The van der Waals surface area contributed by atoms with Crippen LogP contribution in [0, 0.1) is 6.92 Å². The molecule has 2 aromatic rings. The zero-order valence-corrected chi connectivity index (χ0v) is 18.1. The molecule has 2 N–H and O–H groups in total. The van der Waals surface area contributed by atoms with Gasteiger partial charge in [-0.3, -0.25) is 4.79 Å². The molecule has 1 aliphatic carbocycles. The summed E-state index contributed by atoms with van der Waals surface area (Å²) in [5.74, 6) is -0.333. The third kappa shape index (κ3) is 4.52. The predicted octanol–water partition coefficient (Wildman–Crippen LogP) is 6.61. The Morgan fingerprint density at radius 1 is 1.03 bits per heavy atom. The van der Waals surface area contributed by atoms with Crippen LogP contribution in [0.3, 0.4) is 0 Å². The first kappa shape index (κ1) is 25.2. The Kier molecular flexibility index (Phi) is 6.68. The second-order valence-electron chi connectivity index (χ2n) is 8.45. The molecule has 0 amide bonds. The van der Waals surface area contributed by atoms with Crippen molar-refractivity contribution in [1.82, 2.24) is 0 Å². The first-order valence-corrected chi connectivity index (χ1v) is 10.6. The first-order chi connectivity index (χ1) is 15.2. The molecule has 0 saturated carbocycles. The van der Waals surface area contributed by atoms with Crippen LogP contribution in [0.15, 0.2) is 30.3 Å². The van der Waals surface area contributed by atoms with E-state index in [0.29, 0.717) is 23.3 Å². The predicted molar refractivity (Wildman–Crippen MR) is 110 cm³/mol. The van der Waals surface area contributed by atoms with Crippen LogP contribution < -0.4 is 5.73 Å². The molecule has 0 spiro atoms. The average molecular weight is 475 g/mol. The van der Waals surface area contributed by atoms with Crippen molar-refractivity contribution in [1.29, 1.82) is 0 Å². The molecule has 0 aliphatic heterocycles. The van der Waals surface area contributed by atoms with Gasteiger partial charge >= 0.3 is 18.0 Å². The fourth-order valence-corrected chi connectivity index (χ4v) is 4.43. The number of Topliss-reactive ketones (excluding diaryl/α,β-unsaturated/α-hetero) is 1. The second kappa shape index (κ2) is 8.74. The molecule has 1 unspecified atom stereocenters. The normalized spacial score (nSPS) is 17.1. The van der Waals surface area contributed by atoms with Crippen LogP contribution in [-0.2, 0) is 24.9 Å². The topological polar surface area (TPSA) is 43.1 Å². The van der Waals surface area contributed by atoms with E-state index < -0.39 is 23.6 Å². The zero-order chi connectivity index (χ0) is 24.8. The molecule has 0 fully saturated rings. The van der Waals surface area contributed by atoms with Gasteiger partial charge in [-0.15, -0.1) is 0 Å². The van der Waals surface area contributed by atoms with Gasteiger partial charge in [-0.25, -0.2) is 4.39 Å². The van der Waals surface area contributed by atoms with E-state index in [0.717, 1.165) is 30.4 Å². The summed E-state index contributed by atoms with van der Waals surface area (Å²) in [7, 11) is 0. The van der Waals surface area contributed by atoms with E-state index in [1.165, 1.54) is 13.8 Å². The van der Waals surface area contributed by atoms with Crippen molar-refractivity contribution in [2.75, 3.05) is 0 Å². The lowest BCUT2D eigenvalue weighted by Gasteiger charge is -2.31. The highest BCUT2D eigenvalue weighted by Crippen LogP contribution is 2.53. The monoisotopic (exact) mass is 475 g/mol. The van der Waals surface area contributed by atoms with E-state index in [9.17, 15) is 35.5 Å². The number of hydrogen-bond acceptors (Lipinski definition) is 2. The van der Waals surface area contributed by atoms with Crippen molar-refractivity contribution in [3.8, 4) is 0 Å². The number of benzene rings is 2. The van der Waals surface area contributed by atoms with Crippen molar-refractivity contribution in [3.63, 3.8) is 0 Å². The molecular weight excluding hydrogens is 451 g/mol. The lowest BCUT2D eigenvalue weighted by molar-refractivity contribution is -0.348. The Morgan fingerprint density at radius 3 is 2.24 bits per heavy atom. The maximum absolute atomic E-state index is 14.6. The number of fused-ring (bicyclic) bond motifs is 1. The number of ketones is 1. The molecule has 180 valence electrons. The minimum atomic E-state index is -6.19. The van der Waals surface area contributed by atoms with Crippen LogP contribution in [0.1, 0.15) is 69.5 Å². The number of halogens is 7. The summed E-state index contributed by atoms with van der Waals surface area (Å²) >= 11 is 0. The molecule has 33 heavy (non-hydrogen) atoms. The number of carbonyl (C=O) groups is 1. The highest BCUT2D eigenvalue weighted by Gasteiger charge is 2.73. The van der Waals surface area contributed by atoms with Gasteiger partial charge in [0.05, 0.1) is 0 Å². The molecule has 9 heteroatoms. The third-order valence-electron chi connectivity index (χ3n) is 6.29. The Balaban J connectivity index is 1.99. The summed E-state index contributed by atoms with van der Waals surface area (Å²) in [6.45, 7) is 2.80. The minimum Gasteiger partial charge on any atom is -0.324 e. The van der Waals surface area contributed by atoms with E-state index >= 15 is 0 Å². The van der Waals surface area contributed by atoms with Crippen molar-refractivity contribution < 1.29 is 35.5 Å². The molecule has 0 bridgehead atoms. The summed E-state index contributed by atoms with van der Waals surface area (Å²) in [5.41, 5.74) is 1.72. The maximum atomic E-state index is 14.6. The Hall–Kier alpha value is -2.42. The van der Waals surface area contributed by atoms with Crippen LogP contribution in [0.2, 0.25) is 0 Å². The third-order valence-corrected chi connectivity index (χ3v) is 6.29. The SMILES string of the molecule is CCc1cc(C(F)(C(F)(F)F)C(F)(F)F)cc(C)c1CC(=O)c1ccc2c(c1)CCCC2N. The highest BCUT2D eigenvalue weighted by molar-refractivity contribution is 5.98. The summed E-state index contributed by atoms with van der Waals surface area (Å²) in [6, 6.07) is 6.15. The Labute approximate surface area is 187 Å². The van der Waals surface area contributed by atoms with Crippen molar-refractivity contribution >= 4 is 5.78 Å². The molecular formula is C24H24F7NO. The number of rotatable bonds is 5. The number of alkyl halides is 7. The quantitative estimate of drug-likeness (QED) is 0.391. The average Bonchev–Trinajstić information content (AvgIpc) is 2.72. The fraction of sp³-hybridized carbons (Fsp3) is 0.458. The van der Waals surface area contributed by atoms with E-state index in [1.807, 2.05) is 0 Å². The van der Waals surface area contributed by atoms with E-state index in [-0.39, 0.29) is 35.8 Å². The minimum absolute atomic E-state index is 0.00629. The fourth-order valence-electron chi connectivity index (χ4n) is 4.43. The Bertz CT molecular complexity index is 1040. The van der Waals surface area contributed by atoms with Gasteiger partial charge in [-0.1, -0.05) is 31.2 Å². The highest BCUT2D eigenvalue weighted by atomic mass is 19.4. The van der Waals surface area contributed by atoms with Gasteiger partial charge in [0.25, 0.3) is 0 Å². The van der Waals surface area contributed by atoms with Gasteiger partial charge < -0.3 is 5.73 Å². The lowest BCUT2D eigenvalue weighted by Crippen LogP contribution is -2.50. The molecule has 1 aliphatic rings. The summed E-state index contributed by atoms with van der Waals surface area (Å²) < 4.78 is 93.7.